The number of carbonyl (C=O) groups is 1. The van der Waals surface area contributed by atoms with E-state index >= 15 is 0 Å². The average molecular weight is 245 g/mol. The van der Waals surface area contributed by atoms with Gasteiger partial charge in [0.05, 0.1) is 0 Å². The molecule has 3 N–H and O–H groups in total. The Balaban J connectivity index is 2.21. The van der Waals surface area contributed by atoms with E-state index in [1.807, 2.05) is 24.4 Å². The number of carbonyl (C=O) groups excluding carboxylic acids is 1. The van der Waals surface area contributed by atoms with Gasteiger partial charge >= 0.3 is 0 Å². The molecule has 1 aromatic heterocycles. The number of nitrogens with zero attached hydrogens (tertiary/aromatic N) is 1. The largest absolute Gasteiger partial charge is 0.364 e. The highest BCUT2D eigenvalue weighted by molar-refractivity contribution is 6.08. The van der Waals surface area contributed by atoms with Crippen molar-refractivity contribution in [1.29, 1.82) is 0 Å². The van der Waals surface area contributed by atoms with Crippen molar-refractivity contribution in [2.45, 2.75) is 6.04 Å². The van der Waals surface area contributed by atoms with Crippen LogP contribution in [-0.2, 0) is 4.74 Å². The van der Waals surface area contributed by atoms with Crippen molar-refractivity contribution in [3.05, 3.63) is 35.5 Å². The molecular formula is C13H15N3O2. The molecule has 3 rings (SSSR count). The van der Waals surface area contributed by atoms with E-state index in [-0.39, 0.29) is 18.7 Å². The number of hydrogen-bond donors (Lipinski definition) is 2. The molecule has 1 aliphatic heterocycles. The Morgan fingerprint density at radius 1 is 1.56 bits per heavy atom. The molecule has 0 spiro atoms. The van der Waals surface area contributed by atoms with Crippen LogP contribution in [0.15, 0.2) is 24.4 Å². The summed E-state index contributed by atoms with van der Waals surface area (Å²) < 4.78 is 5.07. The van der Waals surface area contributed by atoms with E-state index < -0.39 is 0 Å². The summed E-state index contributed by atoms with van der Waals surface area (Å²) >= 11 is 0. The lowest BCUT2D eigenvalue weighted by Gasteiger charge is -2.22. The van der Waals surface area contributed by atoms with E-state index in [9.17, 15) is 4.79 Å². The van der Waals surface area contributed by atoms with Crippen molar-refractivity contribution in [2.24, 2.45) is 5.73 Å². The van der Waals surface area contributed by atoms with Gasteiger partial charge in [0.25, 0.3) is 5.91 Å². The highest BCUT2D eigenvalue weighted by atomic mass is 16.5. The molecule has 0 saturated carbocycles. The number of benzene rings is 1. The Hall–Kier alpha value is -1.85. The predicted molar refractivity (Wildman–Crippen MR) is 68.1 cm³/mol. The molecule has 1 atom stereocenters. The zero-order valence-corrected chi connectivity index (χ0v) is 10.1. The summed E-state index contributed by atoms with van der Waals surface area (Å²) in [5.74, 6) is -0.0312. The van der Waals surface area contributed by atoms with E-state index in [4.69, 9.17) is 10.5 Å². The number of nitrogens with one attached hydrogen (secondary N) is 1. The van der Waals surface area contributed by atoms with Crippen LogP contribution in [0.2, 0.25) is 0 Å². The van der Waals surface area contributed by atoms with Crippen molar-refractivity contribution in [3.63, 3.8) is 0 Å². The standard InChI is InChI=1S/C13H15N3O2/c1-18-7-16-6-10(14)9-5-15-11-4-2-3-8(12(9)11)13(16)17/h2-5,10,15H,6-7,14H2,1H3. The lowest BCUT2D eigenvalue weighted by Crippen LogP contribution is -2.36. The van der Waals surface area contributed by atoms with Crippen molar-refractivity contribution in [2.75, 3.05) is 20.4 Å². The smallest absolute Gasteiger partial charge is 0.256 e. The average Bonchev–Trinajstić information content (AvgIpc) is 2.77. The molecule has 2 aromatic rings. The Bertz CT molecular complexity index is 605. The van der Waals surface area contributed by atoms with Crippen LogP contribution < -0.4 is 5.73 Å². The van der Waals surface area contributed by atoms with Gasteiger partial charge in [-0.05, 0) is 17.7 Å². The maximum atomic E-state index is 12.4. The van der Waals surface area contributed by atoms with E-state index in [1.165, 1.54) is 0 Å². The molecule has 5 heteroatoms. The Morgan fingerprint density at radius 3 is 3.17 bits per heavy atom. The molecule has 0 fully saturated rings. The first kappa shape index (κ1) is 11.3. The highest BCUT2D eigenvalue weighted by Gasteiger charge is 2.28. The van der Waals surface area contributed by atoms with Crippen LogP contribution in [-0.4, -0.2) is 36.2 Å². The second kappa shape index (κ2) is 4.12. The summed E-state index contributed by atoms with van der Waals surface area (Å²) in [5, 5.41) is 0.939. The van der Waals surface area contributed by atoms with Gasteiger partial charge in [0.15, 0.2) is 0 Å². The van der Waals surface area contributed by atoms with Crippen LogP contribution in [0.25, 0.3) is 10.9 Å². The number of methoxy groups -OCH3 is 1. The molecule has 94 valence electrons. The SMILES string of the molecule is COCN1CC(N)c2c[nH]c3cccc(c23)C1=O. The number of amides is 1. The maximum absolute atomic E-state index is 12.4. The third kappa shape index (κ3) is 1.52. The molecule has 1 aliphatic rings. The molecule has 0 saturated heterocycles. The summed E-state index contributed by atoms with van der Waals surface area (Å²) in [5.41, 5.74) is 8.79. The zero-order valence-electron chi connectivity index (χ0n) is 10.1. The molecule has 0 radical (unpaired) electrons. The summed E-state index contributed by atoms with van der Waals surface area (Å²) in [7, 11) is 1.57. The van der Waals surface area contributed by atoms with Crippen LogP contribution in [0.3, 0.4) is 0 Å². The summed E-state index contributed by atoms with van der Waals surface area (Å²) in [6.07, 6.45) is 1.89. The number of rotatable bonds is 2. The van der Waals surface area contributed by atoms with Crippen molar-refractivity contribution < 1.29 is 9.53 Å². The van der Waals surface area contributed by atoms with Crippen molar-refractivity contribution in [3.8, 4) is 0 Å². The number of H-pyrrole nitrogens is 1. The van der Waals surface area contributed by atoms with Gasteiger partial charge in [-0.25, -0.2) is 0 Å². The van der Waals surface area contributed by atoms with Gasteiger partial charge in [0, 0.05) is 42.4 Å². The monoisotopic (exact) mass is 245 g/mol. The lowest BCUT2D eigenvalue weighted by atomic mass is 10.0. The fourth-order valence-corrected chi connectivity index (χ4v) is 2.54. The number of aromatic nitrogens is 1. The Morgan fingerprint density at radius 2 is 2.39 bits per heavy atom. The molecule has 2 heterocycles. The first-order chi connectivity index (χ1) is 8.72. The number of aromatic amines is 1. The lowest BCUT2D eigenvalue weighted by molar-refractivity contribution is 0.0405. The van der Waals surface area contributed by atoms with Gasteiger partial charge in [-0.1, -0.05) is 6.07 Å². The van der Waals surface area contributed by atoms with Gasteiger partial charge in [0.2, 0.25) is 0 Å². The first-order valence-electron chi connectivity index (χ1n) is 5.86. The number of ether oxygens (including phenoxy) is 1. The molecule has 5 nitrogen and oxygen atoms in total. The molecular weight excluding hydrogens is 230 g/mol. The number of nitrogens with two attached hydrogens (primary N) is 1. The molecule has 0 aliphatic carbocycles. The van der Waals surface area contributed by atoms with Crippen molar-refractivity contribution >= 4 is 16.8 Å². The minimum atomic E-state index is -0.193. The fourth-order valence-electron chi connectivity index (χ4n) is 2.54. The molecule has 1 aromatic carbocycles. The third-order valence-electron chi connectivity index (χ3n) is 3.36. The second-order valence-electron chi connectivity index (χ2n) is 4.52. The van der Waals surface area contributed by atoms with Crippen LogP contribution >= 0.6 is 0 Å². The Labute approximate surface area is 105 Å². The van der Waals surface area contributed by atoms with Gasteiger partial charge in [-0.15, -0.1) is 0 Å². The second-order valence-corrected chi connectivity index (χ2v) is 4.52. The summed E-state index contributed by atoms with van der Waals surface area (Å²) in [6, 6.07) is 5.47. The first-order valence-corrected chi connectivity index (χ1v) is 5.86. The topological polar surface area (TPSA) is 71.3 Å². The van der Waals surface area contributed by atoms with Crippen LogP contribution in [0.5, 0.6) is 0 Å². The minimum absolute atomic E-state index is 0.0312. The van der Waals surface area contributed by atoms with E-state index in [0.717, 1.165) is 16.5 Å². The van der Waals surface area contributed by atoms with Gasteiger partial charge in [-0.3, -0.25) is 4.79 Å². The highest BCUT2D eigenvalue weighted by Crippen LogP contribution is 2.30. The molecule has 18 heavy (non-hydrogen) atoms. The van der Waals surface area contributed by atoms with Crippen LogP contribution in [0.1, 0.15) is 22.0 Å². The van der Waals surface area contributed by atoms with Gasteiger partial charge in [0.1, 0.15) is 6.73 Å². The molecule has 1 amide bonds. The summed E-state index contributed by atoms with van der Waals surface area (Å²) in [6.45, 7) is 0.727. The van der Waals surface area contributed by atoms with Gasteiger partial charge in [-0.2, -0.15) is 0 Å². The normalized spacial score (nSPS) is 19.3. The van der Waals surface area contributed by atoms with Crippen molar-refractivity contribution in [1.82, 2.24) is 9.88 Å². The minimum Gasteiger partial charge on any atom is -0.364 e. The quantitative estimate of drug-likeness (QED) is 0.835. The Kier molecular flexibility index (Phi) is 2.57. The third-order valence-corrected chi connectivity index (χ3v) is 3.36. The molecule has 1 unspecified atom stereocenters. The zero-order chi connectivity index (χ0) is 12.7. The number of hydrogen-bond acceptors (Lipinski definition) is 3. The van der Waals surface area contributed by atoms with Crippen LogP contribution in [0.4, 0.5) is 0 Å². The van der Waals surface area contributed by atoms with E-state index in [1.54, 1.807) is 12.0 Å². The van der Waals surface area contributed by atoms with Gasteiger partial charge < -0.3 is 20.4 Å². The molecule has 0 bridgehead atoms. The van der Waals surface area contributed by atoms with E-state index in [2.05, 4.69) is 4.98 Å². The fraction of sp³-hybridized carbons (Fsp3) is 0.308. The van der Waals surface area contributed by atoms with Crippen LogP contribution in [0, 0.1) is 0 Å². The maximum Gasteiger partial charge on any atom is 0.256 e. The predicted octanol–water partition coefficient (Wildman–Crippen LogP) is 1.23. The summed E-state index contributed by atoms with van der Waals surface area (Å²) in [4.78, 5) is 17.2. The van der Waals surface area contributed by atoms with E-state index in [0.29, 0.717) is 12.1 Å².